The van der Waals surface area contributed by atoms with Gasteiger partial charge in [0.1, 0.15) is 30.6 Å². The van der Waals surface area contributed by atoms with Crippen molar-refractivity contribution in [1.29, 1.82) is 0 Å². The third-order valence-electron chi connectivity index (χ3n) is 5.63. The highest BCUT2D eigenvalue weighted by Crippen LogP contribution is 2.29. The molecule has 0 unspecified atom stereocenters. The Kier molecular flexibility index (Phi) is 5.65. The summed E-state index contributed by atoms with van der Waals surface area (Å²) in [6, 6.07) is 4.61. The number of rotatable bonds is 6. The van der Waals surface area contributed by atoms with Gasteiger partial charge in [0, 0.05) is 24.5 Å². The highest BCUT2D eigenvalue weighted by atomic mass is 16.6. The fourth-order valence-corrected chi connectivity index (χ4v) is 4.22. The van der Waals surface area contributed by atoms with Crippen molar-refractivity contribution in [3.8, 4) is 0 Å². The summed E-state index contributed by atoms with van der Waals surface area (Å²) >= 11 is 0. The number of nitrogens with zero attached hydrogens (tertiary/aromatic N) is 1. The van der Waals surface area contributed by atoms with Gasteiger partial charge in [-0.2, -0.15) is 0 Å². The van der Waals surface area contributed by atoms with Gasteiger partial charge in [-0.05, 0) is 25.0 Å². The minimum atomic E-state index is -0.426. The number of carbonyl (C=O) groups is 1. The average molecular weight is 348 g/mol. The Morgan fingerprint density at radius 2 is 1.96 bits per heavy atom. The highest BCUT2D eigenvalue weighted by Gasteiger charge is 2.42. The molecule has 7 heteroatoms. The van der Waals surface area contributed by atoms with Gasteiger partial charge in [-0.25, -0.2) is 0 Å². The summed E-state index contributed by atoms with van der Waals surface area (Å²) in [6.45, 7) is 4.27. The summed E-state index contributed by atoms with van der Waals surface area (Å²) < 4.78 is 5.51. The molecule has 7 nitrogen and oxygen atoms in total. The first kappa shape index (κ1) is 17.8. The number of quaternary nitrogens is 1. The van der Waals surface area contributed by atoms with E-state index in [1.807, 2.05) is 0 Å². The lowest BCUT2D eigenvalue weighted by atomic mass is 9.79. The maximum atomic E-state index is 11.4. The molecule has 0 spiro atoms. The van der Waals surface area contributed by atoms with E-state index in [2.05, 4.69) is 5.32 Å². The van der Waals surface area contributed by atoms with Gasteiger partial charge in [0.05, 0.1) is 24.7 Å². The van der Waals surface area contributed by atoms with Crippen molar-refractivity contribution in [2.45, 2.75) is 37.6 Å². The minimum absolute atomic E-state index is 0.0347. The molecule has 1 aliphatic carbocycles. The molecular formula is C18H26N3O4+. The van der Waals surface area contributed by atoms with E-state index in [1.54, 1.807) is 17.0 Å². The van der Waals surface area contributed by atoms with Gasteiger partial charge in [-0.15, -0.1) is 0 Å². The van der Waals surface area contributed by atoms with Crippen LogP contribution in [0.3, 0.4) is 0 Å². The van der Waals surface area contributed by atoms with Crippen LogP contribution in [0.25, 0.3) is 0 Å². The molecule has 136 valence electrons. The van der Waals surface area contributed by atoms with Gasteiger partial charge in [0.15, 0.2) is 0 Å². The number of hydrogen-bond acceptors (Lipinski definition) is 5. The number of hydrogen-bond donors (Lipinski definition) is 2. The maximum Gasteiger partial charge on any atom is 0.293 e. The minimum Gasteiger partial charge on any atom is -0.373 e. The number of benzene rings is 1. The number of anilines is 1. The third-order valence-corrected chi connectivity index (χ3v) is 5.63. The second-order valence-corrected chi connectivity index (χ2v) is 7.06. The van der Waals surface area contributed by atoms with Crippen molar-refractivity contribution in [2.24, 2.45) is 0 Å². The smallest absolute Gasteiger partial charge is 0.293 e. The molecule has 0 amide bonds. The van der Waals surface area contributed by atoms with Crippen LogP contribution in [-0.2, 0) is 4.74 Å². The number of nitro groups is 1. The lowest BCUT2D eigenvalue weighted by molar-refractivity contribution is -0.959. The highest BCUT2D eigenvalue weighted by molar-refractivity contribution is 5.79. The van der Waals surface area contributed by atoms with Gasteiger partial charge in [0.2, 0.25) is 0 Å². The monoisotopic (exact) mass is 348 g/mol. The van der Waals surface area contributed by atoms with Crippen LogP contribution in [0, 0.1) is 10.1 Å². The zero-order valence-electron chi connectivity index (χ0n) is 14.5. The molecule has 0 atom stereocenters. The molecule has 2 aliphatic rings. The Bertz CT molecular complexity index is 623. The second kappa shape index (κ2) is 7.93. The van der Waals surface area contributed by atoms with Crippen molar-refractivity contribution in [3.63, 3.8) is 0 Å². The lowest BCUT2D eigenvalue weighted by Crippen LogP contribution is -3.22. The summed E-state index contributed by atoms with van der Waals surface area (Å²) in [6.07, 6.45) is 6.58. The van der Waals surface area contributed by atoms with Gasteiger partial charge < -0.3 is 15.0 Å². The van der Waals surface area contributed by atoms with E-state index in [0.29, 0.717) is 24.1 Å². The molecule has 3 rings (SSSR count). The Morgan fingerprint density at radius 1 is 1.24 bits per heavy atom. The van der Waals surface area contributed by atoms with E-state index < -0.39 is 4.92 Å². The van der Waals surface area contributed by atoms with Crippen molar-refractivity contribution >= 4 is 17.7 Å². The van der Waals surface area contributed by atoms with E-state index in [-0.39, 0.29) is 11.2 Å². The van der Waals surface area contributed by atoms with Crippen molar-refractivity contribution in [2.75, 3.05) is 38.2 Å². The predicted molar refractivity (Wildman–Crippen MR) is 94.3 cm³/mol. The Labute approximate surface area is 147 Å². The van der Waals surface area contributed by atoms with Gasteiger partial charge in [-0.1, -0.05) is 6.42 Å². The molecule has 1 heterocycles. The quantitative estimate of drug-likeness (QED) is 0.461. The molecule has 2 fully saturated rings. The molecule has 0 radical (unpaired) electrons. The summed E-state index contributed by atoms with van der Waals surface area (Å²) in [5.41, 5.74) is 0.892. The van der Waals surface area contributed by atoms with E-state index in [1.165, 1.54) is 25.3 Å². The van der Waals surface area contributed by atoms with E-state index in [0.717, 1.165) is 39.1 Å². The topological polar surface area (TPSA) is 85.9 Å². The standard InChI is InChI=1S/C18H25N3O4/c22-13-15-4-5-16(17(12-15)21(23)24)19-14-18(6-2-1-3-7-18)20-8-10-25-11-9-20/h4-5,12-13,19H,1-3,6-11,14H2/p+1. The van der Waals surface area contributed by atoms with E-state index in [4.69, 9.17) is 4.74 Å². The number of nitro benzene ring substituents is 1. The first-order chi connectivity index (χ1) is 12.1. The number of morpholine rings is 1. The summed E-state index contributed by atoms with van der Waals surface area (Å²) in [5.74, 6) is 0. The molecule has 1 saturated heterocycles. The van der Waals surface area contributed by atoms with Crippen LogP contribution in [0.4, 0.5) is 11.4 Å². The molecule has 1 aliphatic heterocycles. The maximum absolute atomic E-state index is 11.4. The van der Waals surface area contributed by atoms with Crippen LogP contribution in [0.1, 0.15) is 42.5 Å². The second-order valence-electron chi connectivity index (χ2n) is 7.06. The molecule has 25 heavy (non-hydrogen) atoms. The number of ether oxygens (including phenoxy) is 1. The molecule has 2 N–H and O–H groups in total. The van der Waals surface area contributed by atoms with Crippen LogP contribution < -0.4 is 10.2 Å². The molecule has 1 saturated carbocycles. The fourth-order valence-electron chi connectivity index (χ4n) is 4.22. The number of aldehydes is 1. The van der Waals surface area contributed by atoms with Crippen LogP contribution in [0.5, 0.6) is 0 Å². The number of nitrogens with one attached hydrogen (secondary N) is 2. The summed E-state index contributed by atoms with van der Waals surface area (Å²) in [4.78, 5) is 23.4. The zero-order valence-corrected chi connectivity index (χ0v) is 14.5. The summed E-state index contributed by atoms with van der Waals surface area (Å²) in [5, 5.41) is 14.7. The van der Waals surface area contributed by atoms with E-state index >= 15 is 0 Å². The van der Waals surface area contributed by atoms with Crippen LogP contribution in [-0.4, -0.2) is 49.6 Å². The first-order valence-corrected chi connectivity index (χ1v) is 9.05. The normalized spacial score (nSPS) is 20.8. The predicted octanol–water partition coefficient (Wildman–Crippen LogP) is 1.44. The Morgan fingerprint density at radius 3 is 2.60 bits per heavy atom. The van der Waals surface area contributed by atoms with E-state index in [9.17, 15) is 14.9 Å². The third kappa shape index (κ3) is 3.99. The average Bonchev–Trinajstić information content (AvgIpc) is 2.67. The lowest BCUT2D eigenvalue weighted by Gasteiger charge is -2.45. The number of carbonyl (C=O) groups excluding carboxylic acids is 1. The van der Waals surface area contributed by atoms with Crippen LogP contribution in [0.15, 0.2) is 18.2 Å². The van der Waals surface area contributed by atoms with Gasteiger partial charge >= 0.3 is 0 Å². The van der Waals surface area contributed by atoms with Gasteiger partial charge in [-0.3, -0.25) is 14.9 Å². The molecule has 1 aromatic carbocycles. The van der Waals surface area contributed by atoms with Crippen molar-refractivity contribution in [1.82, 2.24) is 0 Å². The molecule has 1 aromatic rings. The Balaban J connectivity index is 1.79. The van der Waals surface area contributed by atoms with Crippen LogP contribution in [0.2, 0.25) is 0 Å². The van der Waals surface area contributed by atoms with Crippen molar-refractivity contribution < 1.29 is 19.4 Å². The first-order valence-electron chi connectivity index (χ1n) is 9.05. The SMILES string of the molecule is O=Cc1ccc(NCC2([NH+]3CCOCC3)CCCCC2)c([N+](=O)[O-])c1. The van der Waals surface area contributed by atoms with Gasteiger partial charge in [0.25, 0.3) is 5.69 Å². The van der Waals surface area contributed by atoms with Crippen molar-refractivity contribution in [3.05, 3.63) is 33.9 Å². The largest absolute Gasteiger partial charge is 0.373 e. The molecule has 0 aromatic heterocycles. The molecule has 0 bridgehead atoms. The van der Waals surface area contributed by atoms with Crippen LogP contribution >= 0.6 is 0 Å². The molecular weight excluding hydrogens is 322 g/mol. The zero-order chi connectivity index (χ0) is 17.7. The fraction of sp³-hybridized carbons (Fsp3) is 0.611. The summed E-state index contributed by atoms with van der Waals surface area (Å²) in [7, 11) is 0. The Hall–Kier alpha value is -1.99.